The Labute approximate surface area is 105 Å². The van der Waals surface area contributed by atoms with Crippen molar-refractivity contribution in [2.45, 2.75) is 13.8 Å². The van der Waals surface area contributed by atoms with Crippen LogP contribution in [0.1, 0.15) is 16.8 Å². The lowest BCUT2D eigenvalue weighted by atomic mass is 10.2. The summed E-state index contributed by atoms with van der Waals surface area (Å²) in [6.45, 7) is 3.51. The van der Waals surface area contributed by atoms with Crippen LogP contribution in [-0.2, 0) is 0 Å². The number of halogens is 1. The van der Waals surface area contributed by atoms with Gasteiger partial charge in [0, 0.05) is 11.4 Å². The molecule has 90 valence electrons. The number of anilines is 2. The Balaban J connectivity index is 2.31. The molecule has 1 aromatic carbocycles. The Morgan fingerprint density at radius 2 is 2.00 bits per heavy atom. The predicted molar refractivity (Wildman–Crippen MR) is 68.1 cm³/mol. The number of hydrogen-bond acceptors (Lipinski definition) is 3. The highest BCUT2D eigenvalue weighted by atomic mass is 19.1. The number of rotatable bonds is 2. The van der Waals surface area contributed by atoms with Crippen LogP contribution in [0.25, 0.3) is 0 Å². The number of nitrogens with one attached hydrogen (secondary N) is 1. The van der Waals surface area contributed by atoms with Crippen LogP contribution in [0.3, 0.4) is 0 Å². The van der Waals surface area contributed by atoms with Crippen molar-refractivity contribution in [2.75, 3.05) is 5.32 Å². The fourth-order valence-corrected chi connectivity index (χ4v) is 1.62. The van der Waals surface area contributed by atoms with Gasteiger partial charge in [-0.15, -0.1) is 0 Å². The van der Waals surface area contributed by atoms with E-state index in [1.807, 2.05) is 6.92 Å². The van der Waals surface area contributed by atoms with Gasteiger partial charge in [-0.3, -0.25) is 0 Å². The van der Waals surface area contributed by atoms with E-state index in [1.165, 1.54) is 6.07 Å². The van der Waals surface area contributed by atoms with Crippen molar-refractivity contribution in [2.24, 2.45) is 0 Å². The maximum absolute atomic E-state index is 13.4. The molecule has 0 amide bonds. The molecule has 2 rings (SSSR count). The summed E-state index contributed by atoms with van der Waals surface area (Å²) in [5, 5.41) is 11.9. The number of aromatic nitrogens is 1. The fourth-order valence-electron chi connectivity index (χ4n) is 1.62. The van der Waals surface area contributed by atoms with Gasteiger partial charge < -0.3 is 5.32 Å². The molecule has 0 aliphatic rings. The Kier molecular flexibility index (Phi) is 3.24. The molecule has 3 nitrogen and oxygen atoms in total. The monoisotopic (exact) mass is 241 g/mol. The van der Waals surface area contributed by atoms with Crippen molar-refractivity contribution < 1.29 is 4.39 Å². The Bertz CT molecular complexity index is 629. The van der Waals surface area contributed by atoms with E-state index in [2.05, 4.69) is 16.4 Å². The largest absolute Gasteiger partial charge is 0.340 e. The summed E-state index contributed by atoms with van der Waals surface area (Å²) in [5.41, 5.74) is 2.47. The Hall–Kier alpha value is -2.41. The predicted octanol–water partition coefficient (Wildman–Crippen LogP) is 3.45. The molecule has 0 bridgehead atoms. The molecule has 18 heavy (non-hydrogen) atoms. The first-order valence-corrected chi connectivity index (χ1v) is 5.50. The van der Waals surface area contributed by atoms with E-state index >= 15 is 0 Å². The summed E-state index contributed by atoms with van der Waals surface area (Å²) >= 11 is 0. The molecule has 0 atom stereocenters. The average molecular weight is 241 g/mol. The van der Waals surface area contributed by atoms with Crippen LogP contribution in [0.4, 0.5) is 15.9 Å². The van der Waals surface area contributed by atoms with E-state index in [4.69, 9.17) is 5.26 Å². The van der Waals surface area contributed by atoms with E-state index in [9.17, 15) is 4.39 Å². The lowest BCUT2D eigenvalue weighted by Crippen LogP contribution is -1.97. The summed E-state index contributed by atoms with van der Waals surface area (Å²) in [6.07, 6.45) is 0. The standard InChI is InChI=1S/C14H12FN3/c1-9-3-4-12(7-13(9)15)18-14-6-11(8-16)5-10(2)17-14/h3-7H,1-2H3,(H,17,18). The molecular formula is C14H12FN3. The summed E-state index contributed by atoms with van der Waals surface area (Å²) < 4.78 is 13.4. The third-order valence-electron chi connectivity index (χ3n) is 2.53. The first-order chi connectivity index (χ1) is 8.58. The van der Waals surface area contributed by atoms with Gasteiger partial charge >= 0.3 is 0 Å². The normalized spacial score (nSPS) is 9.89. The quantitative estimate of drug-likeness (QED) is 0.876. The minimum atomic E-state index is -0.270. The third kappa shape index (κ3) is 2.64. The van der Waals surface area contributed by atoms with Gasteiger partial charge in [0.1, 0.15) is 11.6 Å². The number of nitriles is 1. The number of pyridine rings is 1. The topological polar surface area (TPSA) is 48.7 Å². The second-order valence-corrected chi connectivity index (χ2v) is 4.08. The smallest absolute Gasteiger partial charge is 0.131 e. The summed E-state index contributed by atoms with van der Waals surface area (Å²) in [6, 6.07) is 10.3. The van der Waals surface area contributed by atoms with E-state index < -0.39 is 0 Å². The SMILES string of the molecule is Cc1cc(C#N)cc(Nc2ccc(C)c(F)c2)n1. The summed E-state index contributed by atoms with van der Waals surface area (Å²) in [7, 11) is 0. The van der Waals surface area contributed by atoms with Crippen LogP contribution < -0.4 is 5.32 Å². The average Bonchev–Trinajstić information content (AvgIpc) is 2.33. The van der Waals surface area contributed by atoms with Gasteiger partial charge in [0.15, 0.2) is 0 Å². The van der Waals surface area contributed by atoms with Crippen molar-refractivity contribution in [3.8, 4) is 6.07 Å². The summed E-state index contributed by atoms with van der Waals surface area (Å²) in [4.78, 5) is 4.24. The number of nitrogens with zero attached hydrogens (tertiary/aromatic N) is 2. The number of benzene rings is 1. The summed E-state index contributed by atoms with van der Waals surface area (Å²) in [5.74, 6) is 0.267. The molecule has 4 heteroatoms. The second kappa shape index (κ2) is 4.84. The lowest BCUT2D eigenvalue weighted by molar-refractivity contribution is 0.619. The zero-order valence-corrected chi connectivity index (χ0v) is 10.2. The molecule has 2 aromatic rings. The highest BCUT2D eigenvalue weighted by Crippen LogP contribution is 2.19. The number of aryl methyl sites for hydroxylation is 2. The van der Waals surface area contributed by atoms with Gasteiger partial charge in [0.25, 0.3) is 0 Å². The van der Waals surface area contributed by atoms with Crippen LogP contribution in [0.2, 0.25) is 0 Å². The zero-order chi connectivity index (χ0) is 13.1. The van der Waals surface area contributed by atoms with Crippen molar-refractivity contribution >= 4 is 11.5 Å². The molecule has 0 spiro atoms. The molecule has 0 saturated carbocycles. The second-order valence-electron chi connectivity index (χ2n) is 4.08. The van der Waals surface area contributed by atoms with Crippen LogP contribution in [0.15, 0.2) is 30.3 Å². The maximum Gasteiger partial charge on any atom is 0.131 e. The Morgan fingerprint density at radius 1 is 1.22 bits per heavy atom. The molecule has 0 fully saturated rings. The van der Waals surface area contributed by atoms with Gasteiger partial charge in [0.05, 0.1) is 11.6 Å². The van der Waals surface area contributed by atoms with Gasteiger partial charge in [-0.1, -0.05) is 6.07 Å². The Morgan fingerprint density at radius 3 is 2.67 bits per heavy atom. The van der Waals surface area contributed by atoms with Crippen molar-refractivity contribution in [1.82, 2.24) is 4.98 Å². The van der Waals surface area contributed by atoms with Gasteiger partial charge in [-0.25, -0.2) is 9.37 Å². The molecule has 0 radical (unpaired) electrons. The van der Waals surface area contributed by atoms with Crippen molar-refractivity contribution in [3.05, 3.63) is 53.0 Å². The van der Waals surface area contributed by atoms with Crippen molar-refractivity contribution in [3.63, 3.8) is 0 Å². The van der Waals surface area contributed by atoms with Crippen LogP contribution in [0, 0.1) is 31.0 Å². The fraction of sp³-hybridized carbons (Fsp3) is 0.143. The van der Waals surface area contributed by atoms with Gasteiger partial charge in [0.2, 0.25) is 0 Å². The molecular weight excluding hydrogens is 229 g/mol. The van der Waals surface area contributed by atoms with Crippen molar-refractivity contribution in [1.29, 1.82) is 5.26 Å². The van der Waals surface area contributed by atoms with Crippen LogP contribution in [-0.4, -0.2) is 4.98 Å². The van der Waals surface area contributed by atoms with E-state index in [0.29, 0.717) is 22.6 Å². The third-order valence-corrected chi connectivity index (χ3v) is 2.53. The number of hydrogen-bond donors (Lipinski definition) is 1. The molecule has 1 N–H and O–H groups in total. The highest BCUT2D eigenvalue weighted by Gasteiger charge is 2.03. The molecule has 0 unspecified atom stereocenters. The van der Waals surface area contributed by atoms with Gasteiger partial charge in [-0.2, -0.15) is 5.26 Å². The molecule has 1 aromatic heterocycles. The molecule has 0 aliphatic heterocycles. The van der Waals surface area contributed by atoms with Gasteiger partial charge in [-0.05, 0) is 43.7 Å². The lowest BCUT2D eigenvalue weighted by Gasteiger charge is -2.07. The first-order valence-electron chi connectivity index (χ1n) is 5.50. The molecule has 0 aliphatic carbocycles. The zero-order valence-electron chi connectivity index (χ0n) is 10.2. The minimum Gasteiger partial charge on any atom is -0.340 e. The van der Waals surface area contributed by atoms with E-state index in [-0.39, 0.29) is 5.82 Å². The maximum atomic E-state index is 13.4. The van der Waals surface area contributed by atoms with E-state index in [0.717, 1.165) is 5.69 Å². The van der Waals surface area contributed by atoms with Crippen LogP contribution >= 0.6 is 0 Å². The minimum absolute atomic E-state index is 0.270. The molecule has 1 heterocycles. The highest BCUT2D eigenvalue weighted by molar-refractivity contribution is 5.58. The molecule has 0 saturated heterocycles. The van der Waals surface area contributed by atoms with E-state index in [1.54, 1.807) is 31.2 Å². The first kappa shape index (κ1) is 12.1. The van der Waals surface area contributed by atoms with Crippen LogP contribution in [0.5, 0.6) is 0 Å².